The number of benzene rings is 1. The first kappa shape index (κ1) is 23.2. The fourth-order valence-electron chi connectivity index (χ4n) is 3.63. The molecule has 3 atom stereocenters. The lowest BCUT2D eigenvalue weighted by molar-refractivity contribution is -0.141. The molecule has 3 rings (SSSR count). The molecular formula is C21H27N5O6. The molecule has 1 aromatic heterocycles. The van der Waals surface area contributed by atoms with Crippen LogP contribution < -0.4 is 21.3 Å². The van der Waals surface area contributed by atoms with Crippen LogP contribution in [0, 0.1) is 0 Å². The number of aromatic amines is 1. The summed E-state index contributed by atoms with van der Waals surface area (Å²) in [7, 11) is 0. The van der Waals surface area contributed by atoms with E-state index in [1.165, 1.54) is 0 Å². The zero-order valence-corrected chi connectivity index (χ0v) is 17.4. The van der Waals surface area contributed by atoms with Crippen molar-refractivity contribution in [3.63, 3.8) is 0 Å². The van der Waals surface area contributed by atoms with Gasteiger partial charge < -0.3 is 36.5 Å². The van der Waals surface area contributed by atoms with E-state index in [-0.39, 0.29) is 6.42 Å². The minimum absolute atomic E-state index is 0.0583. The van der Waals surface area contributed by atoms with E-state index in [1.807, 2.05) is 24.3 Å². The van der Waals surface area contributed by atoms with Gasteiger partial charge in [0.05, 0.1) is 19.2 Å². The molecule has 11 nitrogen and oxygen atoms in total. The van der Waals surface area contributed by atoms with Crippen LogP contribution in [-0.2, 0) is 25.6 Å². The molecule has 1 aliphatic rings. The molecule has 1 aliphatic heterocycles. The van der Waals surface area contributed by atoms with Gasteiger partial charge in [-0.05, 0) is 31.0 Å². The van der Waals surface area contributed by atoms with Crippen molar-refractivity contribution in [2.45, 2.75) is 37.4 Å². The second-order valence-corrected chi connectivity index (χ2v) is 7.63. The van der Waals surface area contributed by atoms with Crippen LogP contribution in [0.2, 0.25) is 0 Å². The molecule has 1 fully saturated rings. The van der Waals surface area contributed by atoms with Crippen LogP contribution in [0.5, 0.6) is 0 Å². The van der Waals surface area contributed by atoms with E-state index < -0.39 is 55.0 Å². The number of H-pyrrole nitrogens is 1. The average molecular weight is 445 g/mol. The highest BCUT2D eigenvalue weighted by Gasteiger charge is 2.27. The average Bonchev–Trinajstić information content (AvgIpc) is 3.46. The van der Waals surface area contributed by atoms with Gasteiger partial charge in [0, 0.05) is 23.5 Å². The highest BCUT2D eigenvalue weighted by Crippen LogP contribution is 2.19. The quantitative estimate of drug-likeness (QED) is 0.236. The summed E-state index contributed by atoms with van der Waals surface area (Å²) in [5, 5.41) is 29.9. The number of aliphatic hydroxyl groups is 1. The number of para-hydroxylation sites is 1. The Kier molecular flexibility index (Phi) is 7.79. The van der Waals surface area contributed by atoms with Crippen molar-refractivity contribution in [3.05, 3.63) is 36.0 Å². The molecule has 32 heavy (non-hydrogen) atoms. The summed E-state index contributed by atoms with van der Waals surface area (Å²) < 4.78 is 0. The van der Waals surface area contributed by atoms with Gasteiger partial charge in [0.25, 0.3) is 0 Å². The van der Waals surface area contributed by atoms with Gasteiger partial charge in [0.2, 0.25) is 17.7 Å². The van der Waals surface area contributed by atoms with Crippen LogP contribution >= 0.6 is 0 Å². The number of aromatic nitrogens is 1. The van der Waals surface area contributed by atoms with Crippen LogP contribution in [0.1, 0.15) is 18.4 Å². The van der Waals surface area contributed by atoms with E-state index >= 15 is 0 Å². The van der Waals surface area contributed by atoms with E-state index in [0.717, 1.165) is 22.9 Å². The number of hydrogen-bond donors (Lipinski definition) is 7. The number of aliphatic carboxylic acids is 1. The van der Waals surface area contributed by atoms with Crippen LogP contribution in [0.4, 0.5) is 0 Å². The van der Waals surface area contributed by atoms with Crippen LogP contribution in [0.3, 0.4) is 0 Å². The Labute approximate surface area is 183 Å². The summed E-state index contributed by atoms with van der Waals surface area (Å²) >= 11 is 0. The predicted molar refractivity (Wildman–Crippen MR) is 115 cm³/mol. The number of rotatable bonds is 10. The molecule has 0 aliphatic carbocycles. The van der Waals surface area contributed by atoms with Gasteiger partial charge in [-0.15, -0.1) is 0 Å². The number of amides is 3. The summed E-state index contributed by atoms with van der Waals surface area (Å²) in [5.74, 6) is -3.05. The Bertz CT molecular complexity index is 984. The Morgan fingerprint density at radius 1 is 1.12 bits per heavy atom. The molecule has 3 unspecified atom stereocenters. The number of carboxylic acid groups (broad SMARTS) is 1. The summed E-state index contributed by atoms with van der Waals surface area (Å²) in [6, 6.07) is 4.59. The van der Waals surface area contributed by atoms with Crippen molar-refractivity contribution in [1.82, 2.24) is 26.3 Å². The van der Waals surface area contributed by atoms with Crippen molar-refractivity contribution in [2.75, 3.05) is 19.7 Å². The van der Waals surface area contributed by atoms with Gasteiger partial charge in [-0.2, -0.15) is 0 Å². The van der Waals surface area contributed by atoms with Gasteiger partial charge in [0.1, 0.15) is 12.1 Å². The molecule has 0 radical (unpaired) electrons. The molecule has 7 N–H and O–H groups in total. The molecule has 0 bridgehead atoms. The van der Waals surface area contributed by atoms with Crippen molar-refractivity contribution in [2.24, 2.45) is 0 Å². The number of carboxylic acids is 1. The van der Waals surface area contributed by atoms with Crippen molar-refractivity contribution in [1.29, 1.82) is 0 Å². The van der Waals surface area contributed by atoms with Gasteiger partial charge in [0.15, 0.2) is 0 Å². The highest BCUT2D eigenvalue weighted by atomic mass is 16.4. The van der Waals surface area contributed by atoms with E-state index in [2.05, 4.69) is 26.3 Å². The number of carbonyl (C=O) groups excluding carboxylic acids is 3. The van der Waals surface area contributed by atoms with Gasteiger partial charge in [-0.25, -0.2) is 4.79 Å². The Balaban J connectivity index is 1.51. The number of nitrogens with one attached hydrogen (secondary N) is 5. The van der Waals surface area contributed by atoms with Crippen molar-refractivity contribution >= 4 is 34.6 Å². The maximum Gasteiger partial charge on any atom is 0.326 e. The molecule has 1 aromatic carbocycles. The summed E-state index contributed by atoms with van der Waals surface area (Å²) in [5.41, 5.74) is 1.59. The fourth-order valence-corrected chi connectivity index (χ4v) is 3.63. The first-order valence-electron chi connectivity index (χ1n) is 10.4. The largest absolute Gasteiger partial charge is 0.480 e. The molecule has 11 heteroatoms. The Morgan fingerprint density at radius 3 is 2.59 bits per heavy atom. The molecule has 2 aromatic rings. The molecule has 172 valence electrons. The minimum Gasteiger partial charge on any atom is -0.480 e. The molecular weight excluding hydrogens is 418 g/mol. The summed E-state index contributed by atoms with van der Waals surface area (Å²) in [6.07, 6.45) is 3.24. The van der Waals surface area contributed by atoms with E-state index in [0.29, 0.717) is 13.0 Å². The van der Waals surface area contributed by atoms with Crippen LogP contribution in [0.15, 0.2) is 30.5 Å². The topological polar surface area (TPSA) is 173 Å². The number of aliphatic hydroxyl groups excluding tert-OH is 1. The zero-order chi connectivity index (χ0) is 23.1. The monoisotopic (exact) mass is 445 g/mol. The third kappa shape index (κ3) is 5.83. The lowest BCUT2D eigenvalue weighted by Crippen LogP contribution is -2.54. The summed E-state index contributed by atoms with van der Waals surface area (Å²) in [6.45, 7) is -0.424. The number of fused-ring (bicyclic) bond motifs is 1. The lowest BCUT2D eigenvalue weighted by atomic mass is 10.0. The first-order valence-corrected chi connectivity index (χ1v) is 10.4. The normalized spacial score (nSPS) is 17.5. The van der Waals surface area contributed by atoms with Gasteiger partial charge in [-0.3, -0.25) is 14.4 Å². The fraction of sp³-hybridized carbons (Fsp3) is 0.429. The predicted octanol–water partition coefficient (Wildman–Crippen LogP) is -1.37. The highest BCUT2D eigenvalue weighted by molar-refractivity contribution is 5.93. The maximum atomic E-state index is 12.2. The number of hydrogen-bond acceptors (Lipinski definition) is 6. The van der Waals surface area contributed by atoms with Crippen LogP contribution in [0.25, 0.3) is 10.9 Å². The number of carbonyl (C=O) groups is 4. The first-order chi connectivity index (χ1) is 15.4. The minimum atomic E-state index is -1.21. The van der Waals surface area contributed by atoms with Crippen molar-refractivity contribution < 1.29 is 29.4 Å². The van der Waals surface area contributed by atoms with E-state index in [4.69, 9.17) is 0 Å². The molecule has 1 saturated heterocycles. The molecule has 2 heterocycles. The van der Waals surface area contributed by atoms with Crippen molar-refractivity contribution in [3.8, 4) is 0 Å². The smallest absolute Gasteiger partial charge is 0.326 e. The van der Waals surface area contributed by atoms with E-state index in [1.54, 1.807) is 6.20 Å². The maximum absolute atomic E-state index is 12.2. The Morgan fingerprint density at radius 2 is 1.91 bits per heavy atom. The lowest BCUT2D eigenvalue weighted by Gasteiger charge is -2.19. The SMILES string of the molecule is O=C(CNC(=O)C(CO)NC(=O)C1CCCN1)NC(Cc1c[nH]c2ccccc12)C(=O)O. The second-order valence-electron chi connectivity index (χ2n) is 7.63. The Hall–Kier alpha value is -3.44. The molecule has 3 amide bonds. The third-order valence-corrected chi connectivity index (χ3v) is 5.35. The molecule has 0 spiro atoms. The third-order valence-electron chi connectivity index (χ3n) is 5.35. The molecule has 0 saturated carbocycles. The van der Waals surface area contributed by atoms with Crippen LogP contribution in [-0.4, -0.2) is 76.7 Å². The summed E-state index contributed by atoms with van der Waals surface area (Å²) in [4.78, 5) is 51.3. The van der Waals surface area contributed by atoms with E-state index in [9.17, 15) is 29.4 Å². The zero-order valence-electron chi connectivity index (χ0n) is 17.4. The second kappa shape index (κ2) is 10.7. The van der Waals surface area contributed by atoms with Gasteiger partial charge in [-0.1, -0.05) is 18.2 Å². The van der Waals surface area contributed by atoms with Gasteiger partial charge >= 0.3 is 5.97 Å². The standard InChI is InChI=1S/C21H27N5O6/c27-11-17(26-20(30)15-6-3-7-22-15)19(29)24-10-18(28)25-16(21(31)32)8-12-9-23-14-5-2-1-4-13(12)14/h1-2,4-5,9,15-17,22-23,27H,3,6-8,10-11H2,(H,24,29)(H,25,28)(H,26,30)(H,31,32).